The van der Waals surface area contributed by atoms with Gasteiger partial charge in [-0.15, -0.1) is 0 Å². The Morgan fingerprint density at radius 1 is 1.15 bits per heavy atom. The highest BCUT2D eigenvalue weighted by Crippen LogP contribution is 2.20. The average Bonchev–Trinajstić information content (AvgIpc) is 2.69. The van der Waals surface area contributed by atoms with Crippen LogP contribution >= 0.6 is 0 Å². The zero-order valence-corrected chi connectivity index (χ0v) is 14.4. The molecule has 1 aliphatic rings. The number of likely N-dealkylation sites (tertiary alicyclic amines) is 1. The van der Waals surface area contributed by atoms with E-state index in [-0.39, 0.29) is 17.8 Å². The monoisotopic (exact) mass is 349 g/mol. The van der Waals surface area contributed by atoms with Crippen LogP contribution in [-0.2, 0) is 0 Å². The molecule has 0 radical (unpaired) electrons. The summed E-state index contributed by atoms with van der Waals surface area (Å²) in [7, 11) is 0. The van der Waals surface area contributed by atoms with Crippen LogP contribution in [0.25, 0.3) is 10.9 Å². The highest BCUT2D eigenvalue weighted by molar-refractivity contribution is 5.98. The zero-order chi connectivity index (χ0) is 17.9. The summed E-state index contributed by atoms with van der Waals surface area (Å²) in [6, 6.07) is 16.0. The number of anilines is 1. The molecule has 1 amide bonds. The minimum Gasteiger partial charge on any atom is -0.381 e. The predicted octanol–water partition coefficient (Wildman–Crippen LogP) is 4.09. The molecule has 0 spiro atoms. The molecule has 0 unspecified atom stereocenters. The normalized spacial score (nSPS) is 17.3. The Labute approximate surface area is 151 Å². The van der Waals surface area contributed by atoms with Crippen LogP contribution in [0.3, 0.4) is 0 Å². The molecule has 4 nitrogen and oxygen atoms in total. The molecule has 2 aromatic carbocycles. The number of nitrogens with zero attached hydrogens (tertiary/aromatic N) is 2. The predicted molar refractivity (Wildman–Crippen MR) is 101 cm³/mol. The number of carbonyl (C=O) groups is 1. The third-order valence-electron chi connectivity index (χ3n) is 4.77. The smallest absolute Gasteiger partial charge is 0.253 e. The SMILES string of the molecule is O=C(c1ccc2ncccc2c1)N1CCC[C@H](Nc2ccc(F)cc2)C1. The molecular formula is C21H20FN3O. The molecule has 1 N–H and O–H groups in total. The first-order chi connectivity index (χ1) is 12.7. The van der Waals surface area contributed by atoms with E-state index in [4.69, 9.17) is 0 Å². The van der Waals surface area contributed by atoms with Gasteiger partial charge in [-0.25, -0.2) is 4.39 Å². The molecular weight excluding hydrogens is 329 g/mol. The van der Waals surface area contributed by atoms with Crippen molar-refractivity contribution < 1.29 is 9.18 Å². The van der Waals surface area contributed by atoms with E-state index in [1.54, 1.807) is 18.3 Å². The van der Waals surface area contributed by atoms with E-state index in [1.165, 1.54) is 12.1 Å². The van der Waals surface area contributed by atoms with Crippen LogP contribution < -0.4 is 5.32 Å². The number of benzene rings is 2. The molecule has 2 heterocycles. The molecule has 0 saturated carbocycles. The van der Waals surface area contributed by atoms with E-state index in [2.05, 4.69) is 10.3 Å². The summed E-state index contributed by atoms with van der Waals surface area (Å²) >= 11 is 0. The molecule has 0 aliphatic carbocycles. The first-order valence-corrected chi connectivity index (χ1v) is 8.85. The van der Waals surface area contributed by atoms with Gasteiger partial charge in [0, 0.05) is 42.0 Å². The van der Waals surface area contributed by atoms with Gasteiger partial charge < -0.3 is 10.2 Å². The van der Waals surface area contributed by atoms with Crippen molar-refractivity contribution in [2.24, 2.45) is 0 Å². The molecule has 1 atom stereocenters. The number of aromatic nitrogens is 1. The Kier molecular flexibility index (Phi) is 4.52. The quantitative estimate of drug-likeness (QED) is 0.775. The first kappa shape index (κ1) is 16.5. The van der Waals surface area contributed by atoms with E-state index in [0.29, 0.717) is 12.1 Å². The summed E-state index contributed by atoms with van der Waals surface area (Å²) < 4.78 is 13.0. The highest BCUT2D eigenvalue weighted by Gasteiger charge is 2.24. The fraction of sp³-hybridized carbons (Fsp3) is 0.238. The van der Waals surface area contributed by atoms with Crippen molar-refractivity contribution in [1.82, 2.24) is 9.88 Å². The number of pyridine rings is 1. The summed E-state index contributed by atoms with van der Waals surface area (Å²) in [5.74, 6) is -0.205. The van der Waals surface area contributed by atoms with Crippen LogP contribution in [0.5, 0.6) is 0 Å². The van der Waals surface area contributed by atoms with Gasteiger partial charge in [-0.3, -0.25) is 9.78 Å². The van der Waals surface area contributed by atoms with Crippen LogP contribution in [0, 0.1) is 5.82 Å². The van der Waals surface area contributed by atoms with E-state index >= 15 is 0 Å². The fourth-order valence-electron chi connectivity index (χ4n) is 3.45. The molecule has 26 heavy (non-hydrogen) atoms. The van der Waals surface area contributed by atoms with Gasteiger partial charge in [-0.1, -0.05) is 6.07 Å². The van der Waals surface area contributed by atoms with Gasteiger partial charge in [0.2, 0.25) is 0 Å². The van der Waals surface area contributed by atoms with Crippen LogP contribution in [0.4, 0.5) is 10.1 Å². The van der Waals surface area contributed by atoms with Crippen molar-refractivity contribution in [2.75, 3.05) is 18.4 Å². The maximum atomic E-state index is 13.0. The van der Waals surface area contributed by atoms with E-state index < -0.39 is 0 Å². The Morgan fingerprint density at radius 3 is 2.85 bits per heavy atom. The van der Waals surface area contributed by atoms with Gasteiger partial charge in [0.25, 0.3) is 5.91 Å². The lowest BCUT2D eigenvalue weighted by Crippen LogP contribution is -2.45. The van der Waals surface area contributed by atoms with Gasteiger partial charge in [0.05, 0.1) is 5.52 Å². The number of carbonyl (C=O) groups excluding carboxylic acids is 1. The highest BCUT2D eigenvalue weighted by atomic mass is 19.1. The Hall–Kier alpha value is -2.95. The number of hydrogen-bond acceptors (Lipinski definition) is 3. The topological polar surface area (TPSA) is 45.2 Å². The second-order valence-electron chi connectivity index (χ2n) is 6.65. The largest absolute Gasteiger partial charge is 0.381 e. The number of fused-ring (bicyclic) bond motifs is 1. The lowest BCUT2D eigenvalue weighted by atomic mass is 10.0. The molecule has 1 aliphatic heterocycles. The van der Waals surface area contributed by atoms with Crippen LogP contribution in [-0.4, -0.2) is 34.9 Å². The summed E-state index contributed by atoms with van der Waals surface area (Å²) in [5.41, 5.74) is 2.45. The average molecular weight is 349 g/mol. The summed E-state index contributed by atoms with van der Waals surface area (Å²) in [6.45, 7) is 1.40. The molecule has 1 fully saturated rings. The van der Waals surface area contributed by atoms with E-state index in [1.807, 2.05) is 35.2 Å². The van der Waals surface area contributed by atoms with Gasteiger partial charge in [-0.2, -0.15) is 0 Å². The first-order valence-electron chi connectivity index (χ1n) is 8.85. The molecule has 3 aromatic rings. The lowest BCUT2D eigenvalue weighted by molar-refractivity contribution is 0.0715. The minimum atomic E-state index is -0.248. The molecule has 0 bridgehead atoms. The molecule has 1 aromatic heterocycles. The maximum absolute atomic E-state index is 13.0. The Balaban J connectivity index is 1.47. The van der Waals surface area contributed by atoms with Crippen molar-refractivity contribution in [3.05, 3.63) is 72.2 Å². The summed E-state index contributed by atoms with van der Waals surface area (Å²) in [4.78, 5) is 19.1. The summed E-state index contributed by atoms with van der Waals surface area (Å²) in [6.07, 6.45) is 3.68. The summed E-state index contributed by atoms with van der Waals surface area (Å²) in [5, 5.41) is 4.37. The number of hydrogen-bond donors (Lipinski definition) is 1. The molecule has 4 rings (SSSR count). The fourth-order valence-corrected chi connectivity index (χ4v) is 3.45. The van der Waals surface area contributed by atoms with E-state index in [0.717, 1.165) is 36.0 Å². The maximum Gasteiger partial charge on any atom is 0.253 e. The molecule has 5 heteroatoms. The molecule has 1 saturated heterocycles. The third-order valence-corrected chi connectivity index (χ3v) is 4.77. The number of halogens is 1. The minimum absolute atomic E-state index is 0.0429. The van der Waals surface area contributed by atoms with Crippen LogP contribution in [0.15, 0.2) is 60.8 Å². The van der Waals surface area contributed by atoms with Crippen molar-refractivity contribution >= 4 is 22.5 Å². The lowest BCUT2D eigenvalue weighted by Gasteiger charge is -2.33. The van der Waals surface area contributed by atoms with Gasteiger partial charge in [-0.05, 0) is 61.4 Å². The van der Waals surface area contributed by atoms with Gasteiger partial charge >= 0.3 is 0 Å². The number of piperidine rings is 1. The second-order valence-corrected chi connectivity index (χ2v) is 6.65. The Bertz CT molecular complexity index is 926. The standard InChI is InChI=1S/C21H20FN3O/c22-17-6-8-18(9-7-17)24-19-4-2-12-25(14-19)21(26)16-5-10-20-15(13-16)3-1-11-23-20/h1,3,5-11,13,19,24H,2,4,12,14H2/t19-/m0/s1. The van der Waals surface area contributed by atoms with Crippen molar-refractivity contribution in [1.29, 1.82) is 0 Å². The van der Waals surface area contributed by atoms with Crippen molar-refractivity contribution in [3.8, 4) is 0 Å². The Morgan fingerprint density at radius 2 is 2.00 bits per heavy atom. The third kappa shape index (κ3) is 3.52. The second kappa shape index (κ2) is 7.12. The number of rotatable bonds is 3. The van der Waals surface area contributed by atoms with Crippen LogP contribution in [0.2, 0.25) is 0 Å². The number of amides is 1. The van der Waals surface area contributed by atoms with Crippen LogP contribution in [0.1, 0.15) is 23.2 Å². The van der Waals surface area contributed by atoms with Crippen molar-refractivity contribution in [3.63, 3.8) is 0 Å². The van der Waals surface area contributed by atoms with Crippen molar-refractivity contribution in [2.45, 2.75) is 18.9 Å². The number of nitrogens with one attached hydrogen (secondary N) is 1. The van der Waals surface area contributed by atoms with E-state index in [9.17, 15) is 9.18 Å². The molecule has 132 valence electrons. The van der Waals surface area contributed by atoms with Gasteiger partial charge in [0.1, 0.15) is 5.82 Å². The van der Waals surface area contributed by atoms with Gasteiger partial charge in [0.15, 0.2) is 0 Å². The zero-order valence-electron chi connectivity index (χ0n) is 14.4.